The first-order valence-electron chi connectivity index (χ1n) is 5.71. The van der Waals surface area contributed by atoms with E-state index in [2.05, 4.69) is 18.0 Å². The predicted molar refractivity (Wildman–Crippen MR) is 57.2 cm³/mol. The van der Waals surface area contributed by atoms with Crippen LogP contribution in [0.1, 0.15) is 38.5 Å². The third kappa shape index (κ3) is 2.06. The van der Waals surface area contributed by atoms with E-state index in [1.807, 2.05) is 0 Å². The van der Waals surface area contributed by atoms with E-state index in [0.717, 1.165) is 24.8 Å². The molecule has 0 spiro atoms. The zero-order chi connectivity index (χ0) is 9.97. The number of nitrogens with zero attached hydrogens (tertiary/aromatic N) is 1. The highest BCUT2D eigenvalue weighted by Crippen LogP contribution is 2.24. The van der Waals surface area contributed by atoms with E-state index < -0.39 is 0 Å². The average molecular weight is 193 g/mol. The van der Waals surface area contributed by atoms with E-state index in [0.29, 0.717) is 11.8 Å². The number of hydrogen-bond donors (Lipinski definition) is 0. The zero-order valence-corrected chi connectivity index (χ0v) is 8.96. The molecule has 0 radical (unpaired) electrons. The summed E-state index contributed by atoms with van der Waals surface area (Å²) in [6, 6.07) is 0.534. The summed E-state index contributed by atoms with van der Waals surface area (Å²) in [7, 11) is 2.15. The van der Waals surface area contributed by atoms with Gasteiger partial charge in [0.25, 0.3) is 0 Å². The molecule has 2 fully saturated rings. The Balaban J connectivity index is 2.04. The van der Waals surface area contributed by atoms with Crippen molar-refractivity contribution in [3.8, 4) is 0 Å². The molecule has 2 aliphatic rings. The normalized spacial score (nSPS) is 32.8. The molecule has 0 unspecified atom stereocenters. The molecule has 0 aromatic rings. The molecule has 0 N–H and O–H groups in total. The lowest BCUT2D eigenvalue weighted by atomic mass is 9.92. The zero-order valence-electron chi connectivity index (χ0n) is 8.96. The summed E-state index contributed by atoms with van der Waals surface area (Å²) < 4.78 is 0. The highest BCUT2D eigenvalue weighted by molar-refractivity contribution is 5.96. The van der Waals surface area contributed by atoms with Gasteiger partial charge >= 0.3 is 0 Å². The molecule has 0 amide bonds. The van der Waals surface area contributed by atoms with Crippen molar-refractivity contribution in [2.45, 2.75) is 44.6 Å². The Kier molecular flexibility index (Phi) is 3.02. The molecule has 78 valence electrons. The lowest BCUT2D eigenvalue weighted by Crippen LogP contribution is -2.24. The summed E-state index contributed by atoms with van der Waals surface area (Å²) >= 11 is 0. The highest BCUT2D eigenvalue weighted by atomic mass is 16.1. The molecular weight excluding hydrogens is 174 g/mol. The second kappa shape index (κ2) is 4.26. The van der Waals surface area contributed by atoms with Crippen molar-refractivity contribution in [1.82, 2.24) is 4.90 Å². The van der Waals surface area contributed by atoms with Gasteiger partial charge in [-0.1, -0.05) is 6.08 Å². The van der Waals surface area contributed by atoms with Crippen molar-refractivity contribution in [3.63, 3.8) is 0 Å². The maximum absolute atomic E-state index is 11.6. The molecular formula is C12H19NO. The van der Waals surface area contributed by atoms with E-state index in [4.69, 9.17) is 0 Å². The molecule has 0 aromatic carbocycles. The monoisotopic (exact) mass is 193 g/mol. The maximum Gasteiger partial charge on any atom is 0.158 e. The third-order valence-corrected chi connectivity index (χ3v) is 3.43. The van der Waals surface area contributed by atoms with Crippen LogP contribution in [0.2, 0.25) is 0 Å². The quantitative estimate of drug-likeness (QED) is 0.595. The Hall–Kier alpha value is -0.630. The number of ketones is 1. The van der Waals surface area contributed by atoms with Gasteiger partial charge in [-0.25, -0.2) is 0 Å². The van der Waals surface area contributed by atoms with Crippen molar-refractivity contribution in [2.75, 3.05) is 13.6 Å². The Morgan fingerprint density at radius 2 is 2.07 bits per heavy atom. The lowest BCUT2D eigenvalue weighted by molar-refractivity contribution is -0.116. The number of likely N-dealkylation sites (tertiary alicyclic amines) is 1. The maximum atomic E-state index is 11.6. The second-order valence-corrected chi connectivity index (χ2v) is 4.51. The van der Waals surface area contributed by atoms with Crippen molar-refractivity contribution in [2.24, 2.45) is 0 Å². The van der Waals surface area contributed by atoms with Gasteiger partial charge in [0, 0.05) is 12.5 Å². The summed E-state index contributed by atoms with van der Waals surface area (Å²) in [6.07, 6.45) is 8.83. The number of likely N-dealkylation sites (N-methyl/N-ethyl adjacent to an activating group) is 1. The topological polar surface area (TPSA) is 20.3 Å². The second-order valence-electron chi connectivity index (χ2n) is 4.51. The molecule has 0 aromatic heterocycles. The van der Waals surface area contributed by atoms with Gasteiger partial charge in [-0.3, -0.25) is 9.69 Å². The van der Waals surface area contributed by atoms with Crippen molar-refractivity contribution in [3.05, 3.63) is 11.6 Å². The van der Waals surface area contributed by atoms with Crippen LogP contribution in [0, 0.1) is 0 Å². The first-order valence-corrected chi connectivity index (χ1v) is 5.71. The van der Waals surface area contributed by atoms with Crippen LogP contribution in [0.25, 0.3) is 0 Å². The predicted octanol–water partition coefficient (Wildman–Crippen LogP) is 2.15. The van der Waals surface area contributed by atoms with Crippen LogP contribution in [0.4, 0.5) is 0 Å². The Bertz CT molecular complexity index is 257. The largest absolute Gasteiger partial charge is 0.300 e. The molecule has 0 bridgehead atoms. The molecule has 1 aliphatic heterocycles. The number of hydrogen-bond acceptors (Lipinski definition) is 2. The van der Waals surface area contributed by atoms with Gasteiger partial charge in [0.05, 0.1) is 0 Å². The van der Waals surface area contributed by atoms with Crippen molar-refractivity contribution < 1.29 is 4.79 Å². The molecule has 2 nitrogen and oxygen atoms in total. The van der Waals surface area contributed by atoms with Crippen molar-refractivity contribution in [1.29, 1.82) is 0 Å². The molecule has 2 heteroatoms. The minimum absolute atomic E-state index is 0.400. The molecule has 14 heavy (non-hydrogen) atoms. The summed E-state index contributed by atoms with van der Waals surface area (Å²) in [6.45, 7) is 1.18. The summed E-state index contributed by atoms with van der Waals surface area (Å²) in [4.78, 5) is 14.0. The SMILES string of the molecule is CN1CCC[C@H]1/C=C1\CCCCC1=O. The van der Waals surface area contributed by atoms with E-state index in [1.54, 1.807) is 0 Å². The smallest absolute Gasteiger partial charge is 0.158 e. The molecule has 1 heterocycles. The van der Waals surface area contributed by atoms with Gasteiger partial charge in [0.15, 0.2) is 5.78 Å². The van der Waals surface area contributed by atoms with Crippen LogP contribution in [0.15, 0.2) is 11.6 Å². The number of allylic oxidation sites excluding steroid dienone is 1. The van der Waals surface area contributed by atoms with Gasteiger partial charge in [-0.15, -0.1) is 0 Å². The van der Waals surface area contributed by atoms with Crippen LogP contribution in [-0.4, -0.2) is 30.3 Å². The third-order valence-electron chi connectivity index (χ3n) is 3.43. The van der Waals surface area contributed by atoms with E-state index >= 15 is 0 Å². The van der Waals surface area contributed by atoms with E-state index in [-0.39, 0.29) is 0 Å². The van der Waals surface area contributed by atoms with Crippen LogP contribution < -0.4 is 0 Å². The van der Waals surface area contributed by atoms with E-state index in [9.17, 15) is 4.79 Å². The fourth-order valence-corrected chi connectivity index (χ4v) is 2.46. The van der Waals surface area contributed by atoms with E-state index in [1.165, 1.54) is 25.8 Å². The number of Topliss-reactive ketones (excluding diaryl/α,β-unsaturated/α-hetero) is 1. The number of rotatable bonds is 1. The van der Waals surface area contributed by atoms with Gasteiger partial charge in [-0.05, 0) is 51.3 Å². The lowest BCUT2D eigenvalue weighted by Gasteiger charge is -2.19. The van der Waals surface area contributed by atoms with Gasteiger partial charge < -0.3 is 0 Å². The fraction of sp³-hybridized carbons (Fsp3) is 0.750. The Labute approximate surface area is 86.0 Å². The van der Waals surface area contributed by atoms with Gasteiger partial charge in [0.1, 0.15) is 0 Å². The fourth-order valence-electron chi connectivity index (χ4n) is 2.46. The molecule has 1 saturated carbocycles. The Morgan fingerprint density at radius 3 is 2.71 bits per heavy atom. The average Bonchev–Trinajstić information content (AvgIpc) is 2.56. The highest BCUT2D eigenvalue weighted by Gasteiger charge is 2.22. The number of carbonyl (C=O) groups excluding carboxylic acids is 1. The summed E-state index contributed by atoms with van der Waals surface area (Å²) in [5, 5.41) is 0. The number of carbonyl (C=O) groups is 1. The van der Waals surface area contributed by atoms with Crippen molar-refractivity contribution >= 4 is 5.78 Å². The van der Waals surface area contributed by atoms with Crippen LogP contribution in [0.5, 0.6) is 0 Å². The molecule has 1 saturated heterocycles. The van der Waals surface area contributed by atoms with Crippen LogP contribution >= 0.6 is 0 Å². The Morgan fingerprint density at radius 1 is 1.29 bits per heavy atom. The van der Waals surface area contributed by atoms with Crippen LogP contribution in [-0.2, 0) is 4.79 Å². The summed E-state index contributed by atoms with van der Waals surface area (Å²) in [5.41, 5.74) is 1.11. The minimum atomic E-state index is 0.400. The summed E-state index contributed by atoms with van der Waals surface area (Å²) in [5.74, 6) is 0.400. The first kappa shape index (κ1) is 9.91. The first-order chi connectivity index (χ1) is 6.77. The molecule has 1 aliphatic carbocycles. The van der Waals surface area contributed by atoms with Gasteiger partial charge in [0.2, 0.25) is 0 Å². The molecule has 1 atom stereocenters. The van der Waals surface area contributed by atoms with Gasteiger partial charge in [-0.2, -0.15) is 0 Å². The van der Waals surface area contributed by atoms with Crippen LogP contribution in [0.3, 0.4) is 0 Å². The minimum Gasteiger partial charge on any atom is -0.300 e. The standard InChI is InChI=1S/C12H19NO/c1-13-8-4-6-11(13)9-10-5-2-3-7-12(10)14/h9,11H,2-8H2,1H3/b10-9+/t11-/m0/s1. The molecule has 2 rings (SSSR count).